The number of hydrogen-bond acceptors (Lipinski definition) is 4. The van der Waals surface area contributed by atoms with E-state index in [1.807, 2.05) is 6.92 Å². The Hall–Kier alpha value is -1.34. The van der Waals surface area contributed by atoms with Crippen molar-refractivity contribution >= 4 is 30.2 Å². The lowest BCUT2D eigenvalue weighted by Gasteiger charge is -2.29. The van der Waals surface area contributed by atoms with Crippen LogP contribution < -0.4 is 5.32 Å². The molecule has 23 heavy (non-hydrogen) atoms. The van der Waals surface area contributed by atoms with Crippen molar-refractivity contribution in [2.24, 2.45) is 0 Å². The van der Waals surface area contributed by atoms with E-state index in [0.717, 1.165) is 38.8 Å². The predicted octanol–water partition coefficient (Wildman–Crippen LogP) is 0.722. The Morgan fingerprint density at radius 3 is 2.30 bits per heavy atom. The number of carboxylic acids is 1. The van der Waals surface area contributed by atoms with Gasteiger partial charge in [0, 0.05) is 13.1 Å². The second-order valence-electron chi connectivity index (χ2n) is 5.78. The highest BCUT2D eigenvalue weighted by molar-refractivity contribution is 5.88. The van der Waals surface area contributed by atoms with Crippen molar-refractivity contribution in [3.63, 3.8) is 0 Å². The standard InChI is InChI=1S/C15H27N3O4.ClH/c1-3-7-17(11-14(20)21)10-13(19)16-12(2)15(22)18-8-5-4-6-9-18;/h12H,3-11H2,1-2H3,(H,16,19)(H,20,21);1H. The number of carboxylic acid groups (broad SMARTS) is 1. The summed E-state index contributed by atoms with van der Waals surface area (Å²) in [6.45, 7) is 5.47. The van der Waals surface area contributed by atoms with Crippen molar-refractivity contribution in [1.29, 1.82) is 0 Å². The van der Waals surface area contributed by atoms with Gasteiger partial charge in [-0.2, -0.15) is 0 Å². The van der Waals surface area contributed by atoms with E-state index in [2.05, 4.69) is 5.32 Å². The largest absolute Gasteiger partial charge is 0.480 e. The molecule has 0 aromatic carbocycles. The van der Waals surface area contributed by atoms with E-state index in [1.165, 1.54) is 0 Å². The fourth-order valence-corrected chi connectivity index (χ4v) is 2.66. The molecule has 0 aromatic rings. The van der Waals surface area contributed by atoms with Crippen molar-refractivity contribution in [3.05, 3.63) is 0 Å². The maximum Gasteiger partial charge on any atom is 0.317 e. The molecule has 0 aliphatic carbocycles. The average molecular weight is 350 g/mol. The van der Waals surface area contributed by atoms with E-state index >= 15 is 0 Å². The molecule has 1 heterocycles. The quantitative estimate of drug-likeness (QED) is 0.674. The summed E-state index contributed by atoms with van der Waals surface area (Å²) in [4.78, 5) is 38.3. The van der Waals surface area contributed by atoms with Crippen LogP contribution in [0.5, 0.6) is 0 Å². The average Bonchev–Trinajstić information content (AvgIpc) is 2.46. The molecule has 0 spiro atoms. The fraction of sp³-hybridized carbons (Fsp3) is 0.800. The van der Waals surface area contributed by atoms with E-state index in [0.29, 0.717) is 6.54 Å². The molecule has 0 aromatic heterocycles. The molecule has 1 aliphatic rings. The third kappa shape index (κ3) is 8.18. The van der Waals surface area contributed by atoms with Crippen molar-refractivity contribution in [2.75, 3.05) is 32.7 Å². The zero-order valence-corrected chi connectivity index (χ0v) is 14.7. The molecule has 0 bridgehead atoms. The van der Waals surface area contributed by atoms with Gasteiger partial charge in [-0.15, -0.1) is 12.4 Å². The zero-order valence-electron chi connectivity index (χ0n) is 13.9. The molecule has 1 aliphatic heterocycles. The summed E-state index contributed by atoms with van der Waals surface area (Å²) in [6.07, 6.45) is 3.93. The Bertz CT molecular complexity index is 400. The minimum Gasteiger partial charge on any atom is -0.480 e. The number of piperidine rings is 1. The molecule has 1 atom stereocenters. The minimum absolute atomic E-state index is 0. The van der Waals surface area contributed by atoms with Crippen LogP contribution in [0.15, 0.2) is 0 Å². The Labute approximate surface area is 143 Å². The van der Waals surface area contributed by atoms with E-state index < -0.39 is 12.0 Å². The van der Waals surface area contributed by atoms with Gasteiger partial charge in [0.2, 0.25) is 11.8 Å². The summed E-state index contributed by atoms with van der Waals surface area (Å²) < 4.78 is 0. The van der Waals surface area contributed by atoms with Crippen LogP contribution in [-0.2, 0) is 14.4 Å². The molecule has 1 saturated heterocycles. The maximum absolute atomic E-state index is 12.2. The van der Waals surface area contributed by atoms with Crippen LogP contribution in [0, 0.1) is 0 Å². The highest BCUT2D eigenvalue weighted by atomic mass is 35.5. The fourth-order valence-electron chi connectivity index (χ4n) is 2.66. The normalized spacial score (nSPS) is 15.7. The second kappa shape index (κ2) is 11.2. The Morgan fingerprint density at radius 2 is 1.78 bits per heavy atom. The number of nitrogens with one attached hydrogen (secondary N) is 1. The third-order valence-corrected chi connectivity index (χ3v) is 3.68. The molecular formula is C15H28ClN3O4. The van der Waals surface area contributed by atoms with Crippen LogP contribution in [-0.4, -0.2) is 71.5 Å². The van der Waals surface area contributed by atoms with Crippen molar-refractivity contribution in [2.45, 2.75) is 45.6 Å². The first-order chi connectivity index (χ1) is 10.4. The summed E-state index contributed by atoms with van der Waals surface area (Å²) in [5.41, 5.74) is 0. The van der Waals surface area contributed by atoms with E-state index in [9.17, 15) is 14.4 Å². The molecular weight excluding hydrogens is 322 g/mol. The van der Waals surface area contributed by atoms with Crippen LogP contribution in [0.4, 0.5) is 0 Å². The zero-order chi connectivity index (χ0) is 16.5. The first-order valence-electron chi connectivity index (χ1n) is 7.96. The summed E-state index contributed by atoms with van der Waals surface area (Å²) in [7, 11) is 0. The van der Waals surface area contributed by atoms with Gasteiger partial charge in [0.1, 0.15) is 6.04 Å². The van der Waals surface area contributed by atoms with Gasteiger partial charge in [-0.1, -0.05) is 6.92 Å². The van der Waals surface area contributed by atoms with E-state index in [4.69, 9.17) is 5.11 Å². The Balaban J connectivity index is 0.00000484. The molecule has 2 N–H and O–H groups in total. The number of carbonyl (C=O) groups is 3. The summed E-state index contributed by atoms with van der Waals surface area (Å²) in [6, 6.07) is -0.570. The molecule has 7 nitrogen and oxygen atoms in total. The Morgan fingerprint density at radius 1 is 1.17 bits per heavy atom. The van der Waals surface area contributed by atoms with Crippen LogP contribution in [0.25, 0.3) is 0 Å². The maximum atomic E-state index is 12.2. The number of aliphatic carboxylic acids is 1. The van der Waals surface area contributed by atoms with Gasteiger partial charge in [0.25, 0.3) is 0 Å². The molecule has 1 fully saturated rings. The molecule has 134 valence electrons. The van der Waals surface area contributed by atoms with Gasteiger partial charge in [0.05, 0.1) is 13.1 Å². The van der Waals surface area contributed by atoms with Gasteiger partial charge in [0.15, 0.2) is 0 Å². The number of rotatable bonds is 8. The molecule has 0 radical (unpaired) electrons. The van der Waals surface area contributed by atoms with Crippen molar-refractivity contribution in [1.82, 2.24) is 15.1 Å². The number of carbonyl (C=O) groups excluding carboxylic acids is 2. The van der Waals surface area contributed by atoms with Crippen LogP contribution in [0.3, 0.4) is 0 Å². The first kappa shape index (κ1) is 21.7. The number of nitrogens with zero attached hydrogens (tertiary/aromatic N) is 2. The lowest BCUT2D eigenvalue weighted by atomic mass is 10.1. The van der Waals surface area contributed by atoms with Gasteiger partial charge in [-0.3, -0.25) is 19.3 Å². The smallest absolute Gasteiger partial charge is 0.317 e. The minimum atomic E-state index is -0.960. The van der Waals surface area contributed by atoms with Gasteiger partial charge in [-0.25, -0.2) is 0 Å². The summed E-state index contributed by atoms with van der Waals surface area (Å²) >= 11 is 0. The molecule has 1 rings (SSSR count). The number of amides is 2. The summed E-state index contributed by atoms with van der Waals surface area (Å²) in [5.74, 6) is -1.33. The highest BCUT2D eigenvalue weighted by Crippen LogP contribution is 2.09. The lowest BCUT2D eigenvalue weighted by molar-refractivity contribution is -0.140. The van der Waals surface area contributed by atoms with Crippen LogP contribution >= 0.6 is 12.4 Å². The number of halogens is 1. The Kier molecular flexibility index (Phi) is 10.6. The van der Waals surface area contributed by atoms with Gasteiger partial charge < -0.3 is 15.3 Å². The predicted molar refractivity (Wildman–Crippen MR) is 89.7 cm³/mol. The SMILES string of the molecule is CCCN(CC(=O)O)CC(=O)NC(C)C(=O)N1CCCCC1.Cl. The lowest BCUT2D eigenvalue weighted by Crippen LogP contribution is -2.50. The second-order valence-corrected chi connectivity index (χ2v) is 5.78. The van der Waals surface area contributed by atoms with Gasteiger partial charge >= 0.3 is 5.97 Å². The molecule has 1 unspecified atom stereocenters. The van der Waals surface area contributed by atoms with Gasteiger partial charge in [-0.05, 0) is 39.2 Å². The van der Waals surface area contributed by atoms with Crippen LogP contribution in [0.2, 0.25) is 0 Å². The monoisotopic (exact) mass is 349 g/mol. The highest BCUT2D eigenvalue weighted by Gasteiger charge is 2.24. The summed E-state index contributed by atoms with van der Waals surface area (Å²) in [5, 5.41) is 11.5. The first-order valence-corrected chi connectivity index (χ1v) is 7.96. The van der Waals surface area contributed by atoms with Crippen molar-refractivity contribution in [3.8, 4) is 0 Å². The third-order valence-electron chi connectivity index (χ3n) is 3.68. The molecule has 2 amide bonds. The van der Waals surface area contributed by atoms with E-state index in [-0.39, 0.29) is 37.3 Å². The molecule has 0 saturated carbocycles. The van der Waals surface area contributed by atoms with Crippen molar-refractivity contribution < 1.29 is 19.5 Å². The molecule has 8 heteroatoms. The van der Waals surface area contributed by atoms with Crippen LogP contribution in [0.1, 0.15) is 39.5 Å². The number of likely N-dealkylation sites (tertiary alicyclic amines) is 1. The van der Waals surface area contributed by atoms with E-state index in [1.54, 1.807) is 16.7 Å². The number of hydrogen-bond donors (Lipinski definition) is 2. The topological polar surface area (TPSA) is 90.0 Å².